The predicted octanol–water partition coefficient (Wildman–Crippen LogP) is 2.12. The lowest BCUT2D eigenvalue weighted by Gasteiger charge is -2.32. The molecule has 1 saturated carbocycles. The van der Waals surface area contributed by atoms with Crippen LogP contribution >= 0.6 is 0 Å². The normalized spacial score (nSPS) is 19.8. The Balaban J connectivity index is 1.87. The van der Waals surface area contributed by atoms with E-state index in [0.29, 0.717) is 6.61 Å². The Morgan fingerprint density at radius 1 is 1.20 bits per heavy atom. The van der Waals surface area contributed by atoms with Crippen molar-refractivity contribution in [2.75, 3.05) is 6.61 Å². The highest BCUT2D eigenvalue weighted by atomic mass is 16.5. The molecular formula is C12H18N2O. The first kappa shape index (κ1) is 10.4. The first-order valence-electron chi connectivity index (χ1n) is 5.60. The van der Waals surface area contributed by atoms with E-state index in [1.54, 1.807) is 12.4 Å². The van der Waals surface area contributed by atoms with Crippen LogP contribution in [0.3, 0.4) is 0 Å². The molecule has 0 aromatic carbocycles. The summed E-state index contributed by atoms with van der Waals surface area (Å²) in [7, 11) is 0. The molecule has 0 radical (unpaired) electrons. The van der Waals surface area contributed by atoms with Gasteiger partial charge in [-0.3, -0.25) is 4.98 Å². The molecule has 2 N–H and O–H groups in total. The number of ether oxygens (including phenoxy) is 1. The largest absolute Gasteiger partial charge is 0.492 e. The second-order valence-electron chi connectivity index (χ2n) is 4.39. The van der Waals surface area contributed by atoms with Crippen LogP contribution in [0, 0.1) is 0 Å². The minimum atomic E-state index is -0.110. The quantitative estimate of drug-likeness (QED) is 0.824. The van der Waals surface area contributed by atoms with Crippen molar-refractivity contribution in [3.63, 3.8) is 0 Å². The molecule has 0 amide bonds. The molecule has 1 aliphatic rings. The maximum Gasteiger partial charge on any atom is 0.122 e. The van der Waals surface area contributed by atoms with Crippen LogP contribution in [0.2, 0.25) is 0 Å². The van der Waals surface area contributed by atoms with Crippen LogP contribution in [-0.2, 0) is 0 Å². The highest BCUT2D eigenvalue weighted by molar-refractivity contribution is 5.17. The number of hydrogen-bond donors (Lipinski definition) is 1. The summed E-state index contributed by atoms with van der Waals surface area (Å²) in [5, 5.41) is 0. The number of rotatable bonds is 3. The molecule has 0 bridgehead atoms. The van der Waals surface area contributed by atoms with Gasteiger partial charge in [0.2, 0.25) is 0 Å². The van der Waals surface area contributed by atoms with E-state index in [0.717, 1.165) is 18.6 Å². The van der Waals surface area contributed by atoms with E-state index in [4.69, 9.17) is 10.5 Å². The lowest BCUT2D eigenvalue weighted by atomic mass is 9.83. The molecule has 1 aromatic rings. The van der Waals surface area contributed by atoms with Gasteiger partial charge in [-0.2, -0.15) is 0 Å². The number of nitrogens with zero attached hydrogens (tertiary/aromatic N) is 1. The van der Waals surface area contributed by atoms with Crippen molar-refractivity contribution < 1.29 is 4.74 Å². The van der Waals surface area contributed by atoms with Crippen molar-refractivity contribution >= 4 is 0 Å². The minimum Gasteiger partial charge on any atom is -0.492 e. The minimum absolute atomic E-state index is 0.110. The summed E-state index contributed by atoms with van der Waals surface area (Å²) in [4.78, 5) is 3.95. The number of aromatic nitrogens is 1. The van der Waals surface area contributed by atoms with Crippen molar-refractivity contribution in [1.29, 1.82) is 0 Å². The summed E-state index contributed by atoms with van der Waals surface area (Å²) >= 11 is 0. The molecular weight excluding hydrogens is 188 g/mol. The average molecular weight is 206 g/mol. The molecule has 15 heavy (non-hydrogen) atoms. The van der Waals surface area contributed by atoms with Gasteiger partial charge in [0, 0.05) is 12.4 Å². The topological polar surface area (TPSA) is 48.1 Å². The van der Waals surface area contributed by atoms with Crippen LogP contribution in [0.15, 0.2) is 24.5 Å². The zero-order chi connectivity index (χ0) is 10.6. The predicted molar refractivity (Wildman–Crippen MR) is 59.7 cm³/mol. The van der Waals surface area contributed by atoms with E-state index in [1.165, 1.54) is 19.3 Å². The van der Waals surface area contributed by atoms with Crippen molar-refractivity contribution in [3.05, 3.63) is 24.5 Å². The molecule has 3 nitrogen and oxygen atoms in total. The van der Waals surface area contributed by atoms with Gasteiger partial charge in [0.1, 0.15) is 12.4 Å². The van der Waals surface area contributed by atoms with Crippen LogP contribution in [0.4, 0.5) is 0 Å². The SMILES string of the molecule is NC1(COc2ccncc2)CCCCC1. The van der Waals surface area contributed by atoms with Crippen LogP contribution < -0.4 is 10.5 Å². The van der Waals surface area contributed by atoms with Crippen molar-refractivity contribution in [1.82, 2.24) is 4.98 Å². The zero-order valence-corrected chi connectivity index (χ0v) is 8.98. The summed E-state index contributed by atoms with van der Waals surface area (Å²) < 4.78 is 5.68. The molecule has 1 aliphatic carbocycles. The molecule has 1 aromatic heterocycles. The molecule has 0 aliphatic heterocycles. The van der Waals surface area contributed by atoms with Gasteiger partial charge in [-0.25, -0.2) is 0 Å². The van der Waals surface area contributed by atoms with E-state index in [2.05, 4.69) is 4.98 Å². The molecule has 0 unspecified atom stereocenters. The summed E-state index contributed by atoms with van der Waals surface area (Å²) in [6.07, 6.45) is 9.41. The number of hydrogen-bond acceptors (Lipinski definition) is 3. The van der Waals surface area contributed by atoms with Gasteiger partial charge >= 0.3 is 0 Å². The summed E-state index contributed by atoms with van der Waals surface area (Å²) in [6, 6.07) is 3.73. The van der Waals surface area contributed by atoms with Crippen LogP contribution in [0.5, 0.6) is 5.75 Å². The second-order valence-corrected chi connectivity index (χ2v) is 4.39. The van der Waals surface area contributed by atoms with Crippen molar-refractivity contribution in [2.45, 2.75) is 37.6 Å². The number of nitrogens with two attached hydrogens (primary N) is 1. The smallest absolute Gasteiger partial charge is 0.122 e. The molecule has 3 heteroatoms. The first-order valence-corrected chi connectivity index (χ1v) is 5.60. The summed E-state index contributed by atoms with van der Waals surface area (Å²) in [5.41, 5.74) is 6.16. The standard InChI is InChI=1S/C12H18N2O/c13-12(6-2-1-3-7-12)10-15-11-4-8-14-9-5-11/h4-5,8-9H,1-3,6-7,10,13H2. The highest BCUT2D eigenvalue weighted by Crippen LogP contribution is 2.26. The summed E-state index contributed by atoms with van der Waals surface area (Å²) in [5.74, 6) is 0.861. The maximum absolute atomic E-state index is 6.27. The van der Waals surface area contributed by atoms with E-state index in [-0.39, 0.29) is 5.54 Å². The molecule has 0 atom stereocenters. The first-order chi connectivity index (χ1) is 7.29. The Morgan fingerprint density at radius 2 is 1.87 bits per heavy atom. The Labute approximate surface area is 90.7 Å². The van der Waals surface area contributed by atoms with Crippen LogP contribution in [0.25, 0.3) is 0 Å². The lowest BCUT2D eigenvalue weighted by molar-refractivity contribution is 0.173. The van der Waals surface area contributed by atoms with Gasteiger partial charge in [-0.15, -0.1) is 0 Å². The van der Waals surface area contributed by atoms with Gasteiger partial charge in [-0.1, -0.05) is 19.3 Å². The molecule has 82 valence electrons. The van der Waals surface area contributed by atoms with Gasteiger partial charge < -0.3 is 10.5 Å². The van der Waals surface area contributed by atoms with E-state index in [1.807, 2.05) is 12.1 Å². The lowest BCUT2D eigenvalue weighted by Crippen LogP contribution is -2.47. The van der Waals surface area contributed by atoms with Crippen molar-refractivity contribution in [3.8, 4) is 5.75 Å². The third-order valence-corrected chi connectivity index (χ3v) is 3.03. The van der Waals surface area contributed by atoms with Crippen LogP contribution in [-0.4, -0.2) is 17.1 Å². The Hall–Kier alpha value is -1.09. The van der Waals surface area contributed by atoms with Gasteiger partial charge in [0.05, 0.1) is 5.54 Å². The van der Waals surface area contributed by atoms with E-state index in [9.17, 15) is 0 Å². The Kier molecular flexibility index (Phi) is 3.21. The molecule has 0 saturated heterocycles. The molecule has 1 fully saturated rings. The van der Waals surface area contributed by atoms with E-state index < -0.39 is 0 Å². The second kappa shape index (κ2) is 4.62. The maximum atomic E-state index is 6.27. The van der Waals surface area contributed by atoms with Crippen molar-refractivity contribution in [2.24, 2.45) is 5.73 Å². The molecule has 0 spiro atoms. The fraction of sp³-hybridized carbons (Fsp3) is 0.583. The molecule has 2 rings (SSSR count). The average Bonchev–Trinajstić information content (AvgIpc) is 2.29. The molecule has 1 heterocycles. The van der Waals surface area contributed by atoms with Gasteiger partial charge in [0.15, 0.2) is 0 Å². The van der Waals surface area contributed by atoms with E-state index >= 15 is 0 Å². The number of pyridine rings is 1. The third-order valence-electron chi connectivity index (χ3n) is 3.03. The van der Waals surface area contributed by atoms with Crippen LogP contribution in [0.1, 0.15) is 32.1 Å². The van der Waals surface area contributed by atoms with Gasteiger partial charge in [0.25, 0.3) is 0 Å². The Bertz CT molecular complexity index is 294. The zero-order valence-electron chi connectivity index (χ0n) is 8.98. The highest BCUT2D eigenvalue weighted by Gasteiger charge is 2.28. The Morgan fingerprint density at radius 3 is 2.53 bits per heavy atom. The fourth-order valence-electron chi connectivity index (χ4n) is 2.06. The fourth-order valence-corrected chi connectivity index (χ4v) is 2.06. The monoisotopic (exact) mass is 206 g/mol. The summed E-state index contributed by atoms with van der Waals surface area (Å²) in [6.45, 7) is 0.622. The van der Waals surface area contributed by atoms with Gasteiger partial charge in [-0.05, 0) is 25.0 Å². The third kappa shape index (κ3) is 2.93.